The topological polar surface area (TPSA) is 23.8 Å². The first-order valence-electron chi connectivity index (χ1n) is 8.12. The number of rotatable bonds is 3. The Labute approximate surface area is 185 Å². The Balaban J connectivity index is 3.21. The van der Waals surface area contributed by atoms with Gasteiger partial charge in [0.2, 0.25) is 0 Å². The molecule has 14 heteroatoms. The SMILES string of the molecule is N#Cc1ccccc1C1(C(F)(C(F)(F)F)C(F)(F)C(F)(F)F)C=C(I)CC(C(F)(F)F)=C1. The Morgan fingerprint density at radius 2 is 1.34 bits per heavy atom. The fourth-order valence-corrected chi connectivity index (χ4v) is 4.28. The van der Waals surface area contributed by atoms with Crippen LogP contribution in [0.1, 0.15) is 17.5 Å². The first-order chi connectivity index (χ1) is 14.3. The van der Waals surface area contributed by atoms with Crippen molar-refractivity contribution in [2.45, 2.75) is 42.0 Å². The van der Waals surface area contributed by atoms with E-state index >= 15 is 4.39 Å². The number of hydrogen-bond donors (Lipinski definition) is 0. The molecule has 0 aliphatic heterocycles. The van der Waals surface area contributed by atoms with E-state index in [1.165, 1.54) is 6.07 Å². The zero-order valence-electron chi connectivity index (χ0n) is 15.0. The van der Waals surface area contributed by atoms with E-state index in [0.717, 1.165) is 34.7 Å². The highest BCUT2D eigenvalue weighted by atomic mass is 127. The summed E-state index contributed by atoms with van der Waals surface area (Å²) in [6.45, 7) is 0. The van der Waals surface area contributed by atoms with Crippen LogP contribution in [0.4, 0.5) is 52.7 Å². The Morgan fingerprint density at radius 3 is 1.78 bits per heavy atom. The maximum absolute atomic E-state index is 15.7. The van der Waals surface area contributed by atoms with Gasteiger partial charge in [0.25, 0.3) is 5.67 Å². The zero-order chi connectivity index (χ0) is 25.0. The van der Waals surface area contributed by atoms with Crippen LogP contribution in [-0.2, 0) is 5.41 Å². The third kappa shape index (κ3) is 3.86. The third-order valence-electron chi connectivity index (χ3n) is 4.75. The summed E-state index contributed by atoms with van der Waals surface area (Å²) in [6, 6.07) is 3.95. The molecule has 2 atom stereocenters. The lowest BCUT2D eigenvalue weighted by atomic mass is 9.61. The van der Waals surface area contributed by atoms with Gasteiger partial charge in [0.05, 0.1) is 17.0 Å². The van der Waals surface area contributed by atoms with E-state index in [-0.39, 0.29) is 6.08 Å². The van der Waals surface area contributed by atoms with Crippen LogP contribution in [0, 0.1) is 11.3 Å². The Morgan fingerprint density at radius 1 is 0.812 bits per heavy atom. The fourth-order valence-electron chi connectivity index (χ4n) is 3.38. The van der Waals surface area contributed by atoms with Crippen molar-refractivity contribution in [3.8, 4) is 6.07 Å². The molecule has 0 saturated carbocycles. The maximum Gasteiger partial charge on any atom is 0.457 e. The normalized spacial score (nSPS) is 22.5. The second-order valence-corrected chi connectivity index (χ2v) is 8.08. The van der Waals surface area contributed by atoms with Crippen LogP contribution in [0.15, 0.2) is 45.6 Å². The van der Waals surface area contributed by atoms with Gasteiger partial charge in [0, 0.05) is 12.0 Å². The molecular weight excluding hydrogens is 585 g/mol. The number of halogens is 13. The molecule has 1 aromatic rings. The van der Waals surface area contributed by atoms with Crippen molar-refractivity contribution in [2.75, 3.05) is 0 Å². The van der Waals surface area contributed by atoms with E-state index in [0.29, 0.717) is 12.1 Å². The maximum atomic E-state index is 15.7. The minimum absolute atomic E-state index is 0.0773. The van der Waals surface area contributed by atoms with E-state index in [1.54, 1.807) is 0 Å². The van der Waals surface area contributed by atoms with E-state index in [2.05, 4.69) is 0 Å². The van der Waals surface area contributed by atoms with Gasteiger partial charge in [-0.1, -0.05) is 30.4 Å². The van der Waals surface area contributed by atoms with Crippen LogP contribution in [0.3, 0.4) is 0 Å². The summed E-state index contributed by atoms with van der Waals surface area (Å²) < 4.78 is 165. The number of alkyl halides is 12. The van der Waals surface area contributed by atoms with E-state index < -0.39 is 68.3 Å². The van der Waals surface area contributed by atoms with Gasteiger partial charge < -0.3 is 0 Å². The summed E-state index contributed by atoms with van der Waals surface area (Å²) in [6.07, 6.45) is -21.6. The average molecular weight is 593 g/mol. The summed E-state index contributed by atoms with van der Waals surface area (Å²) in [5.74, 6) is -7.22. The predicted octanol–water partition coefficient (Wildman–Crippen LogP) is 7.48. The number of benzene rings is 1. The second kappa shape index (κ2) is 7.84. The number of allylic oxidation sites excluding steroid dienone is 4. The van der Waals surface area contributed by atoms with Crippen molar-refractivity contribution < 1.29 is 52.7 Å². The molecule has 1 aliphatic carbocycles. The molecule has 0 bridgehead atoms. The van der Waals surface area contributed by atoms with Crippen molar-refractivity contribution in [3.63, 3.8) is 0 Å². The average Bonchev–Trinajstić information content (AvgIpc) is 2.63. The molecule has 1 aliphatic rings. The van der Waals surface area contributed by atoms with Crippen LogP contribution < -0.4 is 0 Å². The van der Waals surface area contributed by atoms with E-state index in [4.69, 9.17) is 5.26 Å². The lowest BCUT2D eigenvalue weighted by Gasteiger charge is -2.48. The lowest BCUT2D eigenvalue weighted by Crippen LogP contribution is -2.71. The molecule has 176 valence electrons. The van der Waals surface area contributed by atoms with E-state index in [9.17, 15) is 48.3 Å². The number of nitrogens with zero attached hydrogens (tertiary/aromatic N) is 1. The van der Waals surface area contributed by atoms with Gasteiger partial charge in [-0.05, 0) is 37.8 Å². The van der Waals surface area contributed by atoms with Crippen LogP contribution in [-0.4, -0.2) is 30.1 Å². The molecule has 0 spiro atoms. The largest absolute Gasteiger partial charge is 0.457 e. The van der Waals surface area contributed by atoms with Gasteiger partial charge >= 0.3 is 24.5 Å². The molecule has 0 N–H and O–H groups in total. The first kappa shape index (κ1) is 26.3. The molecule has 1 nitrogen and oxygen atoms in total. The monoisotopic (exact) mass is 593 g/mol. The summed E-state index contributed by atoms with van der Waals surface area (Å²) in [5.41, 5.74) is -15.5. The molecule has 0 radical (unpaired) electrons. The minimum Gasteiger partial charge on any atom is -0.225 e. The van der Waals surface area contributed by atoms with Gasteiger partial charge in [-0.3, -0.25) is 0 Å². The van der Waals surface area contributed by atoms with Crippen LogP contribution >= 0.6 is 22.6 Å². The summed E-state index contributed by atoms with van der Waals surface area (Å²) in [4.78, 5) is 0. The van der Waals surface area contributed by atoms with Crippen LogP contribution in [0.2, 0.25) is 0 Å². The van der Waals surface area contributed by atoms with Crippen LogP contribution in [0.25, 0.3) is 0 Å². The molecule has 0 heterocycles. The van der Waals surface area contributed by atoms with Crippen molar-refractivity contribution in [3.05, 3.63) is 56.7 Å². The Bertz CT molecular complexity index is 995. The van der Waals surface area contributed by atoms with Gasteiger partial charge in [0.1, 0.15) is 0 Å². The van der Waals surface area contributed by atoms with Crippen molar-refractivity contribution in [1.29, 1.82) is 5.26 Å². The highest BCUT2D eigenvalue weighted by molar-refractivity contribution is 14.1. The smallest absolute Gasteiger partial charge is 0.225 e. The molecule has 1 aromatic carbocycles. The van der Waals surface area contributed by atoms with E-state index in [1.807, 2.05) is 0 Å². The van der Waals surface area contributed by atoms with Gasteiger partial charge in [0.15, 0.2) is 0 Å². The lowest BCUT2D eigenvalue weighted by molar-refractivity contribution is -0.392. The highest BCUT2D eigenvalue weighted by Gasteiger charge is 2.87. The van der Waals surface area contributed by atoms with Crippen molar-refractivity contribution in [2.24, 2.45) is 0 Å². The first-order valence-corrected chi connectivity index (χ1v) is 9.20. The molecule has 32 heavy (non-hydrogen) atoms. The van der Waals surface area contributed by atoms with Gasteiger partial charge in [-0.15, -0.1) is 0 Å². The Kier molecular flexibility index (Phi) is 6.45. The molecular formula is C18H8F12IN. The molecule has 0 aromatic heterocycles. The summed E-state index contributed by atoms with van der Waals surface area (Å²) in [7, 11) is 0. The molecule has 0 fully saturated rings. The second-order valence-electron chi connectivity index (χ2n) is 6.69. The third-order valence-corrected chi connectivity index (χ3v) is 5.44. The molecule has 2 rings (SSSR count). The minimum atomic E-state index is -7.22. The summed E-state index contributed by atoms with van der Waals surface area (Å²) in [5, 5.41) is 9.16. The quantitative estimate of drug-likeness (QED) is 0.203. The number of nitriles is 1. The van der Waals surface area contributed by atoms with Crippen molar-refractivity contribution >= 4 is 22.6 Å². The molecule has 0 amide bonds. The van der Waals surface area contributed by atoms with Gasteiger partial charge in [-0.2, -0.15) is 53.6 Å². The Hall–Kier alpha value is -1.92. The molecule has 2 unspecified atom stereocenters. The van der Waals surface area contributed by atoms with Crippen molar-refractivity contribution in [1.82, 2.24) is 0 Å². The zero-order valence-corrected chi connectivity index (χ0v) is 17.2. The summed E-state index contributed by atoms with van der Waals surface area (Å²) >= 11 is 0.982. The standard InChI is InChI=1S/C18H8F12IN/c19-14(20,21)10-5-11(31)7-13(6-10,12-4-2-1-3-9(12)8-32)15(22,17(25,26)27)16(23,24)18(28,29)30/h1-4,6-7H,5H2. The number of hydrogen-bond acceptors (Lipinski definition) is 1. The van der Waals surface area contributed by atoms with Gasteiger partial charge in [-0.25, -0.2) is 4.39 Å². The predicted molar refractivity (Wildman–Crippen MR) is 94.6 cm³/mol. The highest BCUT2D eigenvalue weighted by Crippen LogP contribution is 2.64. The van der Waals surface area contributed by atoms with Crippen LogP contribution in [0.5, 0.6) is 0 Å². The fraction of sp³-hybridized carbons (Fsp3) is 0.389. The molecule has 0 saturated heterocycles.